The van der Waals surface area contributed by atoms with Crippen LogP contribution in [0.15, 0.2) is 12.4 Å². The lowest BCUT2D eigenvalue weighted by Gasteiger charge is -2.17. The molecule has 0 amide bonds. The summed E-state index contributed by atoms with van der Waals surface area (Å²) in [5, 5.41) is 9.48. The number of alkyl halides is 4. The first-order chi connectivity index (χ1) is 8.83. The van der Waals surface area contributed by atoms with Gasteiger partial charge in [0.05, 0.1) is 12.7 Å². The lowest BCUT2D eigenvalue weighted by atomic mass is 10.2. The van der Waals surface area contributed by atoms with Crippen LogP contribution in [0.5, 0.6) is 0 Å². The summed E-state index contributed by atoms with van der Waals surface area (Å²) in [5.74, 6) is -3.45. The topological polar surface area (TPSA) is 47.3 Å². The molecule has 1 rings (SSSR count). The van der Waals surface area contributed by atoms with E-state index in [2.05, 4.69) is 9.72 Å². The number of aromatic nitrogens is 2. The van der Waals surface area contributed by atoms with Gasteiger partial charge in [-0.05, 0) is 6.42 Å². The Hall–Kier alpha value is -1.15. The zero-order valence-corrected chi connectivity index (χ0v) is 10.4. The third-order valence-corrected chi connectivity index (χ3v) is 2.55. The van der Waals surface area contributed by atoms with Crippen LogP contribution in [0.3, 0.4) is 0 Å². The summed E-state index contributed by atoms with van der Waals surface area (Å²) in [6.07, 6.45) is -0.727. The molecule has 0 aliphatic carbocycles. The largest absolute Gasteiger partial charge is 0.391 e. The van der Waals surface area contributed by atoms with Gasteiger partial charge in [0.15, 0.2) is 0 Å². The second-order valence-electron chi connectivity index (χ2n) is 4.22. The lowest BCUT2D eigenvalue weighted by Crippen LogP contribution is -2.33. The van der Waals surface area contributed by atoms with Crippen LogP contribution in [0.2, 0.25) is 0 Å². The van der Waals surface area contributed by atoms with Gasteiger partial charge in [-0.15, -0.1) is 0 Å². The van der Waals surface area contributed by atoms with Crippen molar-refractivity contribution in [2.45, 2.75) is 31.3 Å². The number of aryl methyl sites for hydroxylation is 2. The Kier molecular flexibility index (Phi) is 5.74. The molecule has 19 heavy (non-hydrogen) atoms. The molecule has 0 saturated heterocycles. The van der Waals surface area contributed by atoms with Gasteiger partial charge in [0.2, 0.25) is 0 Å². The van der Waals surface area contributed by atoms with Crippen LogP contribution in [0.25, 0.3) is 0 Å². The number of halogens is 4. The van der Waals surface area contributed by atoms with Crippen molar-refractivity contribution in [1.82, 2.24) is 9.55 Å². The lowest BCUT2D eigenvalue weighted by molar-refractivity contribution is -0.170. The summed E-state index contributed by atoms with van der Waals surface area (Å²) >= 11 is 0. The maximum absolute atomic E-state index is 12.5. The third kappa shape index (κ3) is 5.15. The smallest absolute Gasteiger partial charge is 0.330 e. The van der Waals surface area contributed by atoms with Crippen molar-refractivity contribution in [1.29, 1.82) is 0 Å². The molecule has 1 heterocycles. The molecule has 1 unspecified atom stereocenters. The van der Waals surface area contributed by atoms with E-state index in [1.807, 2.05) is 0 Å². The summed E-state index contributed by atoms with van der Waals surface area (Å²) < 4.78 is 54.8. The van der Waals surface area contributed by atoms with Crippen molar-refractivity contribution < 1.29 is 27.4 Å². The maximum Gasteiger partial charge on any atom is 0.330 e. The molecule has 1 aromatic heterocycles. The quantitative estimate of drug-likeness (QED) is 0.738. The molecule has 0 aliphatic heterocycles. The molecule has 0 aliphatic rings. The Morgan fingerprint density at radius 2 is 2.16 bits per heavy atom. The van der Waals surface area contributed by atoms with Crippen LogP contribution in [-0.4, -0.2) is 46.3 Å². The number of rotatable bonds is 8. The second-order valence-corrected chi connectivity index (χ2v) is 4.22. The number of ether oxygens (including phenoxy) is 1. The number of nitrogens with zero attached hydrogens (tertiary/aromatic N) is 2. The van der Waals surface area contributed by atoms with Gasteiger partial charge in [-0.3, -0.25) is 0 Å². The van der Waals surface area contributed by atoms with E-state index in [1.54, 1.807) is 24.0 Å². The average Bonchev–Trinajstić information content (AvgIpc) is 2.72. The van der Waals surface area contributed by atoms with Crippen molar-refractivity contribution in [3.63, 3.8) is 0 Å². The molecule has 1 atom stereocenters. The second kappa shape index (κ2) is 6.85. The van der Waals surface area contributed by atoms with Gasteiger partial charge in [0, 0.05) is 25.9 Å². The Balaban J connectivity index is 2.22. The Bertz CT molecular complexity index is 385. The molecular weight excluding hydrogens is 268 g/mol. The molecule has 110 valence electrons. The van der Waals surface area contributed by atoms with E-state index in [-0.39, 0.29) is 6.42 Å². The van der Waals surface area contributed by atoms with E-state index in [1.165, 1.54) is 0 Å². The fourth-order valence-electron chi connectivity index (χ4n) is 1.41. The predicted octanol–water partition coefficient (Wildman–Crippen LogP) is 1.63. The van der Waals surface area contributed by atoms with Crippen LogP contribution in [-0.2, 0) is 18.2 Å². The van der Waals surface area contributed by atoms with Gasteiger partial charge in [0.1, 0.15) is 12.4 Å². The third-order valence-electron chi connectivity index (χ3n) is 2.55. The van der Waals surface area contributed by atoms with Crippen LogP contribution >= 0.6 is 0 Å². The molecule has 0 bridgehead atoms. The number of aliphatic hydroxyl groups is 1. The Morgan fingerprint density at radius 1 is 1.47 bits per heavy atom. The van der Waals surface area contributed by atoms with Crippen molar-refractivity contribution in [2.75, 3.05) is 13.2 Å². The van der Waals surface area contributed by atoms with Gasteiger partial charge < -0.3 is 14.4 Å². The monoisotopic (exact) mass is 284 g/mol. The molecule has 8 heteroatoms. The molecule has 0 spiro atoms. The van der Waals surface area contributed by atoms with Gasteiger partial charge in [-0.2, -0.15) is 8.78 Å². The number of hydrogen-bond donors (Lipinski definition) is 1. The van der Waals surface area contributed by atoms with Crippen LogP contribution in [0, 0.1) is 0 Å². The maximum atomic E-state index is 12.5. The summed E-state index contributed by atoms with van der Waals surface area (Å²) in [6.45, 7) is -1.81. The number of aliphatic hydroxyl groups excluding tert-OH is 1. The fourth-order valence-corrected chi connectivity index (χ4v) is 1.41. The highest BCUT2D eigenvalue weighted by Crippen LogP contribution is 2.22. The molecule has 1 N–H and O–H groups in total. The standard InChI is InChI=1S/C11H16F4N2O2/c1-17-5-4-16-9(17)3-2-8(18)6-19-7-11(14,15)10(12)13/h4-5,8,10,18H,2-3,6-7H2,1H3. The summed E-state index contributed by atoms with van der Waals surface area (Å²) in [7, 11) is 1.79. The zero-order chi connectivity index (χ0) is 14.5. The van der Waals surface area contributed by atoms with Crippen molar-refractivity contribution in [3.8, 4) is 0 Å². The Morgan fingerprint density at radius 3 is 2.68 bits per heavy atom. The number of imidazole rings is 1. The minimum Gasteiger partial charge on any atom is -0.391 e. The summed E-state index contributed by atoms with van der Waals surface area (Å²) in [5.41, 5.74) is 0. The fraction of sp³-hybridized carbons (Fsp3) is 0.727. The number of hydrogen-bond acceptors (Lipinski definition) is 3. The first-order valence-electron chi connectivity index (χ1n) is 5.71. The summed E-state index contributed by atoms with van der Waals surface area (Å²) in [6, 6.07) is 0. The van der Waals surface area contributed by atoms with Crippen molar-refractivity contribution >= 4 is 0 Å². The highest BCUT2D eigenvalue weighted by atomic mass is 19.3. The first kappa shape index (κ1) is 15.9. The van der Waals surface area contributed by atoms with E-state index >= 15 is 0 Å². The van der Waals surface area contributed by atoms with Crippen LogP contribution in [0.1, 0.15) is 12.2 Å². The molecule has 0 fully saturated rings. The Labute approximate surface area is 108 Å². The molecule has 0 aromatic carbocycles. The van der Waals surface area contributed by atoms with Crippen molar-refractivity contribution in [3.05, 3.63) is 18.2 Å². The molecule has 1 aromatic rings. The zero-order valence-electron chi connectivity index (χ0n) is 10.4. The van der Waals surface area contributed by atoms with E-state index in [0.717, 1.165) is 5.82 Å². The van der Waals surface area contributed by atoms with Gasteiger partial charge in [0.25, 0.3) is 0 Å². The summed E-state index contributed by atoms with van der Waals surface area (Å²) in [4.78, 5) is 4.02. The van der Waals surface area contributed by atoms with E-state index in [4.69, 9.17) is 0 Å². The predicted molar refractivity (Wildman–Crippen MR) is 59.3 cm³/mol. The molecular formula is C11H16F4N2O2. The molecule has 0 radical (unpaired) electrons. The SMILES string of the molecule is Cn1ccnc1CCC(O)COCC(F)(F)C(F)F. The average molecular weight is 284 g/mol. The first-order valence-corrected chi connectivity index (χ1v) is 5.71. The van der Waals surface area contributed by atoms with E-state index < -0.39 is 31.7 Å². The highest BCUT2D eigenvalue weighted by molar-refractivity contribution is 4.91. The van der Waals surface area contributed by atoms with Crippen LogP contribution in [0.4, 0.5) is 17.6 Å². The highest BCUT2D eigenvalue weighted by Gasteiger charge is 2.41. The minimum absolute atomic E-state index is 0.255. The van der Waals surface area contributed by atoms with Gasteiger partial charge in [-0.1, -0.05) is 0 Å². The normalized spacial score (nSPS) is 14.1. The molecule has 4 nitrogen and oxygen atoms in total. The van der Waals surface area contributed by atoms with Gasteiger partial charge >= 0.3 is 12.3 Å². The minimum atomic E-state index is -4.18. The van der Waals surface area contributed by atoms with Crippen LogP contribution < -0.4 is 0 Å². The van der Waals surface area contributed by atoms with Crippen molar-refractivity contribution in [2.24, 2.45) is 7.05 Å². The molecule has 0 saturated carbocycles. The van der Waals surface area contributed by atoms with E-state index in [9.17, 15) is 22.7 Å². The van der Waals surface area contributed by atoms with Gasteiger partial charge in [-0.25, -0.2) is 13.8 Å². The van der Waals surface area contributed by atoms with E-state index in [0.29, 0.717) is 6.42 Å².